The van der Waals surface area contributed by atoms with Gasteiger partial charge in [0.05, 0.1) is 17.1 Å². The maximum atomic E-state index is 2.50. The van der Waals surface area contributed by atoms with Gasteiger partial charge in [0.2, 0.25) is 0 Å². The summed E-state index contributed by atoms with van der Waals surface area (Å²) in [6.07, 6.45) is 4.51. The van der Waals surface area contributed by atoms with Crippen LogP contribution >= 0.6 is 0 Å². The molecule has 0 bridgehead atoms. The molecule has 1 nitrogen and oxygen atoms in total. The van der Waals surface area contributed by atoms with E-state index in [9.17, 15) is 0 Å². The Kier molecular flexibility index (Phi) is 5.53. The fourth-order valence-electron chi connectivity index (χ4n) is 7.98. The Balaban J connectivity index is 1.45. The Bertz CT molecular complexity index is 2320. The fourth-order valence-corrected chi connectivity index (χ4v) is 7.98. The Hall–Kier alpha value is -5.40. The molecule has 0 saturated heterocycles. The highest BCUT2D eigenvalue weighted by atomic mass is 15.2. The number of hydrogen-bond donors (Lipinski definition) is 0. The lowest BCUT2D eigenvalue weighted by Gasteiger charge is -2.31. The van der Waals surface area contributed by atoms with E-state index >= 15 is 0 Å². The Morgan fingerprint density at radius 3 is 1.80 bits per heavy atom. The monoisotopic (exact) mass is 575 g/mol. The van der Waals surface area contributed by atoms with Crippen LogP contribution in [0.3, 0.4) is 0 Å². The molecule has 9 rings (SSSR count). The van der Waals surface area contributed by atoms with Crippen LogP contribution in [0.4, 0.5) is 17.1 Å². The van der Waals surface area contributed by atoms with Gasteiger partial charge in [-0.25, -0.2) is 0 Å². The molecule has 0 amide bonds. The zero-order valence-electron chi connectivity index (χ0n) is 25.8. The van der Waals surface area contributed by atoms with Crippen molar-refractivity contribution in [1.82, 2.24) is 0 Å². The lowest BCUT2D eigenvalue weighted by Crippen LogP contribution is -2.14. The highest BCUT2D eigenvalue weighted by molar-refractivity contribution is 6.24. The van der Waals surface area contributed by atoms with E-state index in [0.29, 0.717) is 0 Å². The van der Waals surface area contributed by atoms with Crippen LogP contribution in [0.25, 0.3) is 56.0 Å². The van der Waals surface area contributed by atoms with Gasteiger partial charge in [-0.2, -0.15) is 0 Å². The van der Waals surface area contributed by atoms with Gasteiger partial charge in [-0.15, -0.1) is 0 Å². The molecule has 0 spiro atoms. The Morgan fingerprint density at radius 1 is 0.467 bits per heavy atom. The summed E-state index contributed by atoms with van der Waals surface area (Å²) in [6, 6.07) is 49.5. The van der Waals surface area contributed by atoms with Crippen LogP contribution in [0.2, 0.25) is 0 Å². The maximum Gasteiger partial charge on any atom is 0.0619 e. The molecule has 1 aliphatic heterocycles. The molecule has 214 valence electrons. The van der Waals surface area contributed by atoms with Crippen molar-refractivity contribution >= 4 is 50.8 Å². The largest absolute Gasteiger partial charge is 0.308 e. The van der Waals surface area contributed by atoms with E-state index in [4.69, 9.17) is 0 Å². The number of hydrogen-bond acceptors (Lipinski definition) is 1. The number of benzene rings is 7. The minimum Gasteiger partial charge on any atom is -0.308 e. The van der Waals surface area contributed by atoms with Crippen LogP contribution in [0.5, 0.6) is 0 Å². The molecule has 0 saturated carbocycles. The average molecular weight is 576 g/mol. The molecule has 0 atom stereocenters. The van der Waals surface area contributed by atoms with Crippen LogP contribution in [0, 0.1) is 6.92 Å². The summed E-state index contributed by atoms with van der Waals surface area (Å²) in [5, 5.41) is 5.06. The van der Waals surface area contributed by atoms with E-state index in [1.54, 1.807) is 0 Å². The van der Waals surface area contributed by atoms with Crippen molar-refractivity contribution in [3.63, 3.8) is 0 Å². The van der Waals surface area contributed by atoms with Crippen molar-refractivity contribution in [2.75, 3.05) is 4.90 Å². The molecule has 0 aromatic heterocycles. The van der Waals surface area contributed by atoms with E-state index < -0.39 is 0 Å². The first-order valence-electron chi connectivity index (χ1n) is 15.9. The molecule has 1 heteroatoms. The molecule has 1 aliphatic carbocycles. The van der Waals surface area contributed by atoms with Crippen LogP contribution < -0.4 is 4.90 Å². The number of nitrogens with zero attached hydrogens (tertiary/aromatic N) is 1. The van der Waals surface area contributed by atoms with Gasteiger partial charge < -0.3 is 4.90 Å². The number of fused-ring (bicyclic) bond motifs is 7. The van der Waals surface area contributed by atoms with E-state index in [0.717, 1.165) is 0 Å². The summed E-state index contributed by atoms with van der Waals surface area (Å²) in [6.45, 7) is 6.95. The molecule has 0 radical (unpaired) electrons. The van der Waals surface area contributed by atoms with Crippen molar-refractivity contribution in [1.29, 1.82) is 0 Å². The van der Waals surface area contributed by atoms with Gasteiger partial charge in [-0.3, -0.25) is 0 Å². The van der Waals surface area contributed by atoms with E-state index in [1.807, 2.05) is 0 Å². The van der Waals surface area contributed by atoms with Crippen LogP contribution in [0.1, 0.15) is 41.7 Å². The smallest absolute Gasteiger partial charge is 0.0619 e. The quantitative estimate of drug-likeness (QED) is 0.185. The van der Waals surface area contributed by atoms with Crippen LogP contribution in [-0.4, -0.2) is 0 Å². The molecule has 0 unspecified atom stereocenters. The summed E-state index contributed by atoms with van der Waals surface area (Å²) in [5.41, 5.74) is 15.4. The zero-order chi connectivity index (χ0) is 30.3. The second kappa shape index (κ2) is 9.55. The van der Waals surface area contributed by atoms with Crippen molar-refractivity contribution in [2.45, 2.75) is 26.2 Å². The topological polar surface area (TPSA) is 3.24 Å². The minimum absolute atomic E-state index is 0.0597. The summed E-state index contributed by atoms with van der Waals surface area (Å²) < 4.78 is 0. The van der Waals surface area contributed by atoms with Crippen molar-refractivity contribution in [2.24, 2.45) is 0 Å². The van der Waals surface area contributed by atoms with Gasteiger partial charge >= 0.3 is 0 Å². The second-order valence-electron chi connectivity index (χ2n) is 13.0. The summed E-state index contributed by atoms with van der Waals surface area (Å²) in [4.78, 5) is 2.50. The summed E-state index contributed by atoms with van der Waals surface area (Å²) in [7, 11) is 0. The van der Waals surface area contributed by atoms with Crippen molar-refractivity contribution in [3.05, 3.63) is 161 Å². The third-order valence-electron chi connectivity index (χ3n) is 10.0. The van der Waals surface area contributed by atoms with Crippen LogP contribution in [-0.2, 0) is 5.41 Å². The first-order chi connectivity index (χ1) is 22.0. The molecule has 7 aromatic carbocycles. The minimum atomic E-state index is -0.0597. The van der Waals surface area contributed by atoms with Gasteiger partial charge in [-0.1, -0.05) is 153 Å². The molecule has 1 heterocycles. The zero-order valence-corrected chi connectivity index (χ0v) is 25.8. The van der Waals surface area contributed by atoms with Gasteiger partial charge in [0.25, 0.3) is 0 Å². The average Bonchev–Trinajstić information content (AvgIpc) is 3.19. The lowest BCUT2D eigenvalue weighted by atomic mass is 9.81. The summed E-state index contributed by atoms with van der Waals surface area (Å²) >= 11 is 0. The van der Waals surface area contributed by atoms with E-state index in [2.05, 4.69) is 171 Å². The molecule has 45 heavy (non-hydrogen) atoms. The maximum absolute atomic E-state index is 2.50. The third kappa shape index (κ3) is 3.68. The molecule has 2 aliphatic rings. The predicted molar refractivity (Wildman–Crippen MR) is 193 cm³/mol. The van der Waals surface area contributed by atoms with Gasteiger partial charge in [0.1, 0.15) is 0 Å². The standard InChI is InChI=1S/C44H33N/c1-28-23-26-33-36(27-28)41(35-18-12-20-38-42(35)34-17-8-9-19-37(34)44(38,2)3)31-15-6-7-16-32(31)43(33)45-39-21-10-4-13-29(39)24-25-30-14-5-11-22-40(30)45/h4-27H,1-3H3. The Labute approximate surface area is 264 Å². The first kappa shape index (κ1) is 26.0. The number of rotatable bonds is 2. The van der Waals surface area contributed by atoms with Gasteiger partial charge in [0, 0.05) is 16.2 Å². The second-order valence-corrected chi connectivity index (χ2v) is 13.0. The molecule has 0 N–H and O–H groups in total. The first-order valence-corrected chi connectivity index (χ1v) is 15.9. The van der Waals surface area contributed by atoms with Crippen molar-refractivity contribution in [3.8, 4) is 22.3 Å². The summed E-state index contributed by atoms with van der Waals surface area (Å²) in [5.74, 6) is 0. The van der Waals surface area contributed by atoms with E-state index in [1.165, 1.54) is 88.7 Å². The lowest BCUT2D eigenvalue weighted by molar-refractivity contribution is 0.660. The van der Waals surface area contributed by atoms with Crippen LogP contribution in [0.15, 0.2) is 133 Å². The number of anilines is 3. The Morgan fingerprint density at radius 2 is 1.04 bits per heavy atom. The highest BCUT2D eigenvalue weighted by Gasteiger charge is 2.37. The van der Waals surface area contributed by atoms with Gasteiger partial charge in [0.15, 0.2) is 0 Å². The number of aryl methyl sites for hydroxylation is 1. The SMILES string of the molecule is Cc1ccc2c(N3c4ccccc4C=Cc4ccccc43)c3ccccc3c(-c3cccc4c3-c3ccccc3C4(C)C)c2c1. The predicted octanol–water partition coefficient (Wildman–Crippen LogP) is 12.2. The fraction of sp³-hybridized carbons (Fsp3) is 0.0909. The van der Waals surface area contributed by atoms with Crippen molar-refractivity contribution < 1.29 is 0 Å². The van der Waals surface area contributed by atoms with E-state index in [-0.39, 0.29) is 5.41 Å². The normalized spacial score (nSPS) is 14.2. The highest BCUT2D eigenvalue weighted by Crippen LogP contribution is 2.56. The molecular weight excluding hydrogens is 542 g/mol. The molecular formula is C44H33N. The third-order valence-corrected chi connectivity index (χ3v) is 10.0. The molecule has 0 fully saturated rings. The number of para-hydroxylation sites is 2. The molecule has 7 aromatic rings. The van der Waals surface area contributed by atoms with Gasteiger partial charge in [-0.05, 0) is 74.3 Å².